The van der Waals surface area contributed by atoms with Crippen LogP contribution in [0.5, 0.6) is 5.75 Å². The molecule has 2 aromatic rings. The number of carboxylic acid groups (broad SMARTS) is 1. The maximum atomic E-state index is 11.1. The van der Waals surface area contributed by atoms with Crippen molar-refractivity contribution >= 4 is 5.97 Å². The van der Waals surface area contributed by atoms with Gasteiger partial charge in [-0.3, -0.25) is 4.79 Å². The summed E-state index contributed by atoms with van der Waals surface area (Å²) < 4.78 is 5.70. The van der Waals surface area contributed by atoms with E-state index in [2.05, 4.69) is 0 Å². The van der Waals surface area contributed by atoms with E-state index < -0.39 is 18.0 Å². The van der Waals surface area contributed by atoms with Crippen molar-refractivity contribution in [1.29, 1.82) is 0 Å². The summed E-state index contributed by atoms with van der Waals surface area (Å²) in [7, 11) is 0. The van der Waals surface area contributed by atoms with E-state index in [4.69, 9.17) is 9.84 Å². The van der Waals surface area contributed by atoms with Gasteiger partial charge in [0, 0.05) is 0 Å². The Kier molecular flexibility index (Phi) is 5.55. The quantitative estimate of drug-likeness (QED) is 0.822. The molecule has 0 amide bonds. The second kappa shape index (κ2) is 7.61. The first-order valence-corrected chi connectivity index (χ1v) is 7.29. The first-order valence-electron chi connectivity index (χ1n) is 7.29. The van der Waals surface area contributed by atoms with Crippen molar-refractivity contribution in [3.05, 3.63) is 65.7 Å². The van der Waals surface area contributed by atoms with Crippen LogP contribution < -0.4 is 4.74 Å². The van der Waals surface area contributed by atoms with Gasteiger partial charge in [0.25, 0.3) is 0 Å². The predicted octanol–water partition coefficient (Wildman–Crippen LogP) is 3.41. The van der Waals surface area contributed by atoms with Crippen LogP contribution in [0.2, 0.25) is 0 Å². The molecular formula is C18H20O4. The number of hydrogen-bond acceptors (Lipinski definition) is 3. The normalized spacial score (nSPS) is 13.4. The van der Waals surface area contributed by atoms with Crippen LogP contribution in [0.3, 0.4) is 0 Å². The Bertz CT molecular complexity index is 609. The fraction of sp³-hybridized carbons (Fsp3) is 0.278. The van der Waals surface area contributed by atoms with Gasteiger partial charge in [0.1, 0.15) is 12.4 Å². The first kappa shape index (κ1) is 16.0. The molecule has 22 heavy (non-hydrogen) atoms. The minimum Gasteiger partial charge on any atom is -0.489 e. The highest BCUT2D eigenvalue weighted by Crippen LogP contribution is 2.27. The molecule has 0 aliphatic heterocycles. The molecule has 4 nitrogen and oxygen atoms in total. The Morgan fingerprint density at radius 3 is 2.50 bits per heavy atom. The summed E-state index contributed by atoms with van der Waals surface area (Å²) in [6, 6.07) is 16.7. The molecule has 0 aliphatic rings. The first-order chi connectivity index (χ1) is 10.6. The monoisotopic (exact) mass is 300 g/mol. The van der Waals surface area contributed by atoms with Crippen LogP contribution in [0.4, 0.5) is 0 Å². The standard InChI is InChI=1S/C18H20O4/c1-2-16(18(20)21)17(19)14-9-6-10-15(11-14)22-12-13-7-4-3-5-8-13/h3-11,16-17,19H,2,12H2,1H3,(H,20,21). The highest BCUT2D eigenvalue weighted by atomic mass is 16.5. The molecule has 0 saturated heterocycles. The molecule has 116 valence electrons. The van der Waals surface area contributed by atoms with Gasteiger partial charge in [-0.2, -0.15) is 0 Å². The van der Waals surface area contributed by atoms with Crippen molar-refractivity contribution in [2.75, 3.05) is 0 Å². The van der Waals surface area contributed by atoms with Gasteiger partial charge in [-0.25, -0.2) is 0 Å². The molecule has 2 aromatic carbocycles. The maximum Gasteiger partial charge on any atom is 0.309 e. The lowest BCUT2D eigenvalue weighted by molar-refractivity contribution is -0.146. The van der Waals surface area contributed by atoms with E-state index >= 15 is 0 Å². The van der Waals surface area contributed by atoms with Crippen LogP contribution in [-0.2, 0) is 11.4 Å². The van der Waals surface area contributed by atoms with Gasteiger partial charge in [0.05, 0.1) is 12.0 Å². The minimum absolute atomic E-state index is 0.367. The van der Waals surface area contributed by atoms with E-state index in [9.17, 15) is 9.90 Å². The second-order valence-corrected chi connectivity index (χ2v) is 5.14. The molecule has 4 heteroatoms. The lowest BCUT2D eigenvalue weighted by atomic mass is 9.93. The zero-order valence-electron chi connectivity index (χ0n) is 12.5. The third-order valence-corrected chi connectivity index (χ3v) is 3.59. The fourth-order valence-electron chi connectivity index (χ4n) is 2.29. The molecule has 0 heterocycles. The Labute approximate surface area is 130 Å². The molecular weight excluding hydrogens is 280 g/mol. The maximum absolute atomic E-state index is 11.1. The third-order valence-electron chi connectivity index (χ3n) is 3.59. The number of carbonyl (C=O) groups is 1. The number of hydrogen-bond donors (Lipinski definition) is 2. The number of benzene rings is 2. The molecule has 0 saturated carbocycles. The Hall–Kier alpha value is -2.33. The van der Waals surface area contributed by atoms with Crippen LogP contribution in [0.1, 0.15) is 30.6 Å². The topological polar surface area (TPSA) is 66.8 Å². The molecule has 2 unspecified atom stereocenters. The number of aliphatic hydroxyl groups excluding tert-OH is 1. The van der Waals surface area contributed by atoms with Gasteiger partial charge in [-0.1, -0.05) is 49.4 Å². The smallest absolute Gasteiger partial charge is 0.309 e. The highest BCUT2D eigenvalue weighted by molar-refractivity contribution is 5.71. The number of rotatable bonds is 7. The van der Waals surface area contributed by atoms with Crippen molar-refractivity contribution in [3.63, 3.8) is 0 Å². The van der Waals surface area contributed by atoms with Crippen molar-refractivity contribution in [2.45, 2.75) is 26.1 Å². The fourth-order valence-corrected chi connectivity index (χ4v) is 2.29. The van der Waals surface area contributed by atoms with E-state index in [0.29, 0.717) is 24.3 Å². The summed E-state index contributed by atoms with van der Waals surface area (Å²) >= 11 is 0. The Morgan fingerprint density at radius 2 is 1.86 bits per heavy atom. The molecule has 2 N–H and O–H groups in total. The van der Waals surface area contributed by atoms with E-state index in [1.807, 2.05) is 30.3 Å². The second-order valence-electron chi connectivity index (χ2n) is 5.14. The molecule has 2 atom stereocenters. The molecule has 2 rings (SSSR count). The van der Waals surface area contributed by atoms with Crippen LogP contribution in [0.15, 0.2) is 54.6 Å². The van der Waals surface area contributed by atoms with E-state index in [0.717, 1.165) is 5.56 Å². The van der Waals surface area contributed by atoms with Crippen LogP contribution in [0, 0.1) is 5.92 Å². The summed E-state index contributed by atoms with van der Waals surface area (Å²) in [5, 5.41) is 19.4. The van der Waals surface area contributed by atoms with Crippen LogP contribution in [-0.4, -0.2) is 16.2 Å². The number of carboxylic acids is 1. The summed E-state index contributed by atoms with van der Waals surface area (Å²) in [4.78, 5) is 11.1. The predicted molar refractivity (Wildman–Crippen MR) is 83.6 cm³/mol. The lowest BCUT2D eigenvalue weighted by Crippen LogP contribution is -2.21. The molecule has 0 aliphatic carbocycles. The SMILES string of the molecule is CCC(C(=O)O)C(O)c1cccc(OCc2ccccc2)c1. The zero-order valence-corrected chi connectivity index (χ0v) is 12.5. The van der Waals surface area contributed by atoms with Crippen LogP contribution in [0.25, 0.3) is 0 Å². The molecule has 0 fully saturated rings. The van der Waals surface area contributed by atoms with E-state index in [1.54, 1.807) is 31.2 Å². The largest absolute Gasteiger partial charge is 0.489 e. The van der Waals surface area contributed by atoms with Gasteiger partial charge in [-0.15, -0.1) is 0 Å². The lowest BCUT2D eigenvalue weighted by Gasteiger charge is -2.18. The Balaban J connectivity index is 2.07. The van der Waals surface area contributed by atoms with E-state index in [-0.39, 0.29) is 0 Å². The zero-order chi connectivity index (χ0) is 15.9. The summed E-state index contributed by atoms with van der Waals surface area (Å²) in [6.45, 7) is 2.17. The van der Waals surface area contributed by atoms with Crippen molar-refractivity contribution < 1.29 is 19.7 Å². The third kappa shape index (κ3) is 4.09. The summed E-state index contributed by atoms with van der Waals surface area (Å²) in [5.41, 5.74) is 1.60. The van der Waals surface area contributed by atoms with Crippen LogP contribution >= 0.6 is 0 Å². The van der Waals surface area contributed by atoms with Crippen molar-refractivity contribution in [2.24, 2.45) is 5.92 Å². The molecule has 0 aromatic heterocycles. The molecule has 0 radical (unpaired) electrons. The van der Waals surface area contributed by atoms with Gasteiger partial charge in [-0.05, 0) is 29.7 Å². The number of aliphatic hydroxyl groups is 1. The molecule has 0 spiro atoms. The summed E-state index contributed by atoms with van der Waals surface area (Å²) in [6.07, 6.45) is -0.672. The van der Waals surface area contributed by atoms with Gasteiger partial charge >= 0.3 is 5.97 Å². The molecule has 0 bridgehead atoms. The highest BCUT2D eigenvalue weighted by Gasteiger charge is 2.26. The minimum atomic E-state index is -1.04. The average Bonchev–Trinajstić information content (AvgIpc) is 2.54. The van der Waals surface area contributed by atoms with Crippen molar-refractivity contribution in [1.82, 2.24) is 0 Å². The number of aliphatic carboxylic acids is 1. The van der Waals surface area contributed by atoms with Crippen molar-refractivity contribution in [3.8, 4) is 5.75 Å². The summed E-state index contributed by atoms with van der Waals surface area (Å²) in [5.74, 6) is -1.20. The Morgan fingerprint density at radius 1 is 1.14 bits per heavy atom. The average molecular weight is 300 g/mol. The van der Waals surface area contributed by atoms with Gasteiger partial charge in [0.15, 0.2) is 0 Å². The van der Waals surface area contributed by atoms with E-state index in [1.165, 1.54) is 0 Å². The number of ether oxygens (including phenoxy) is 1. The van der Waals surface area contributed by atoms with Gasteiger partial charge < -0.3 is 14.9 Å². The van der Waals surface area contributed by atoms with Gasteiger partial charge in [0.2, 0.25) is 0 Å².